The Morgan fingerprint density at radius 3 is 2.89 bits per heavy atom. The molecular weight excluding hydrogens is 230 g/mol. The van der Waals surface area contributed by atoms with Crippen molar-refractivity contribution >= 4 is 11.7 Å². The van der Waals surface area contributed by atoms with Gasteiger partial charge in [0.05, 0.1) is 24.1 Å². The molecule has 0 bridgehead atoms. The number of aryl methyl sites for hydroxylation is 1. The number of rotatable bonds is 3. The summed E-state index contributed by atoms with van der Waals surface area (Å²) in [5.41, 5.74) is 8.36. The number of benzene rings is 1. The zero-order valence-corrected chi connectivity index (χ0v) is 10.4. The maximum Gasteiger partial charge on any atom is 0.340 e. The Balaban J connectivity index is 2.40. The third kappa shape index (κ3) is 2.34. The molecular formula is C13H15N3O2. The van der Waals surface area contributed by atoms with Crippen molar-refractivity contribution in [3.63, 3.8) is 0 Å². The van der Waals surface area contributed by atoms with Crippen molar-refractivity contribution in [2.75, 3.05) is 12.3 Å². The number of aromatic nitrogens is 2. The van der Waals surface area contributed by atoms with Crippen LogP contribution in [0.4, 0.5) is 5.69 Å². The first-order valence-corrected chi connectivity index (χ1v) is 5.70. The predicted molar refractivity (Wildman–Crippen MR) is 68.7 cm³/mol. The number of hydrogen-bond acceptors (Lipinski definition) is 4. The predicted octanol–water partition coefficient (Wildman–Crippen LogP) is 1.94. The molecule has 5 heteroatoms. The van der Waals surface area contributed by atoms with E-state index in [1.54, 1.807) is 29.9 Å². The highest BCUT2D eigenvalue weighted by Crippen LogP contribution is 2.18. The van der Waals surface area contributed by atoms with Gasteiger partial charge in [0.2, 0.25) is 0 Å². The summed E-state index contributed by atoms with van der Waals surface area (Å²) in [4.78, 5) is 11.7. The van der Waals surface area contributed by atoms with Gasteiger partial charge < -0.3 is 10.5 Å². The van der Waals surface area contributed by atoms with E-state index in [1.807, 2.05) is 19.2 Å². The molecule has 0 spiro atoms. The average Bonchev–Trinajstić information content (AvgIpc) is 2.77. The summed E-state index contributed by atoms with van der Waals surface area (Å²) < 4.78 is 6.65. The number of anilines is 1. The van der Waals surface area contributed by atoms with Crippen molar-refractivity contribution in [2.24, 2.45) is 0 Å². The second kappa shape index (κ2) is 4.91. The van der Waals surface area contributed by atoms with Crippen LogP contribution in [0.25, 0.3) is 5.69 Å². The summed E-state index contributed by atoms with van der Waals surface area (Å²) in [6, 6.07) is 5.17. The van der Waals surface area contributed by atoms with Crippen LogP contribution in [0.1, 0.15) is 22.8 Å². The fourth-order valence-electron chi connectivity index (χ4n) is 1.63. The normalized spacial score (nSPS) is 10.3. The zero-order chi connectivity index (χ0) is 13.1. The van der Waals surface area contributed by atoms with Gasteiger partial charge >= 0.3 is 5.97 Å². The molecule has 94 valence electrons. The highest BCUT2D eigenvalue weighted by Gasteiger charge is 2.12. The molecule has 0 saturated carbocycles. The Morgan fingerprint density at radius 1 is 1.50 bits per heavy atom. The van der Waals surface area contributed by atoms with E-state index in [0.29, 0.717) is 17.9 Å². The van der Waals surface area contributed by atoms with E-state index in [4.69, 9.17) is 10.5 Å². The molecule has 0 aliphatic heterocycles. The molecule has 1 heterocycles. The van der Waals surface area contributed by atoms with Crippen LogP contribution in [-0.4, -0.2) is 22.4 Å². The van der Waals surface area contributed by atoms with Gasteiger partial charge in [0.1, 0.15) is 0 Å². The third-order valence-electron chi connectivity index (χ3n) is 2.51. The summed E-state index contributed by atoms with van der Waals surface area (Å²) in [6.07, 6.45) is 3.63. The van der Waals surface area contributed by atoms with Crippen LogP contribution in [0.15, 0.2) is 30.6 Å². The van der Waals surface area contributed by atoms with Gasteiger partial charge in [-0.1, -0.05) is 0 Å². The molecule has 0 radical (unpaired) electrons. The number of hydrogen-bond donors (Lipinski definition) is 1. The molecule has 0 unspecified atom stereocenters. The number of ether oxygens (including phenoxy) is 1. The Morgan fingerprint density at radius 2 is 2.28 bits per heavy atom. The second-order valence-electron chi connectivity index (χ2n) is 3.95. The summed E-state index contributed by atoms with van der Waals surface area (Å²) in [7, 11) is 0. The Hall–Kier alpha value is -2.30. The molecule has 0 atom stereocenters. The number of nitrogens with two attached hydrogens (primary N) is 1. The molecule has 1 aromatic carbocycles. The Labute approximate surface area is 105 Å². The first-order valence-electron chi connectivity index (χ1n) is 5.70. The SMILES string of the molecule is CCOC(=O)c1cc(-n2cc(C)cn2)ccc1N. The van der Waals surface area contributed by atoms with Crippen LogP contribution in [0.5, 0.6) is 0 Å². The van der Waals surface area contributed by atoms with Gasteiger partial charge in [-0.15, -0.1) is 0 Å². The minimum atomic E-state index is -0.416. The van der Waals surface area contributed by atoms with Gasteiger partial charge in [0.25, 0.3) is 0 Å². The van der Waals surface area contributed by atoms with Crippen LogP contribution >= 0.6 is 0 Å². The molecule has 2 aromatic rings. The molecule has 0 amide bonds. The molecule has 18 heavy (non-hydrogen) atoms. The molecule has 0 fully saturated rings. The van der Waals surface area contributed by atoms with Gasteiger partial charge in [-0.2, -0.15) is 5.10 Å². The molecule has 1 aromatic heterocycles. The second-order valence-corrected chi connectivity index (χ2v) is 3.95. The quantitative estimate of drug-likeness (QED) is 0.662. The monoisotopic (exact) mass is 245 g/mol. The van der Waals surface area contributed by atoms with Gasteiger partial charge in [-0.25, -0.2) is 9.48 Å². The number of carbonyl (C=O) groups excluding carboxylic acids is 1. The fourth-order valence-corrected chi connectivity index (χ4v) is 1.63. The van der Waals surface area contributed by atoms with Gasteiger partial charge in [-0.05, 0) is 37.6 Å². The molecule has 0 saturated heterocycles. The van der Waals surface area contributed by atoms with Gasteiger partial charge in [-0.3, -0.25) is 0 Å². The van der Waals surface area contributed by atoms with E-state index in [-0.39, 0.29) is 0 Å². The van der Waals surface area contributed by atoms with E-state index in [1.165, 1.54) is 0 Å². The number of nitrogen functional groups attached to an aromatic ring is 1. The topological polar surface area (TPSA) is 70.1 Å². The standard InChI is InChI=1S/C13H15N3O2/c1-3-18-13(17)11-6-10(4-5-12(11)14)16-8-9(2)7-15-16/h4-8H,3,14H2,1-2H3. The number of esters is 1. The van der Waals surface area contributed by atoms with Gasteiger partial charge in [0.15, 0.2) is 0 Å². The summed E-state index contributed by atoms with van der Waals surface area (Å²) in [5.74, 6) is -0.416. The Kier molecular flexibility index (Phi) is 3.32. The molecule has 0 aliphatic carbocycles. The van der Waals surface area contributed by atoms with Crippen molar-refractivity contribution in [2.45, 2.75) is 13.8 Å². The molecule has 5 nitrogen and oxygen atoms in total. The number of carbonyl (C=O) groups is 1. The largest absolute Gasteiger partial charge is 0.462 e. The lowest BCUT2D eigenvalue weighted by atomic mass is 10.1. The van der Waals surface area contributed by atoms with Crippen LogP contribution in [0.2, 0.25) is 0 Å². The average molecular weight is 245 g/mol. The van der Waals surface area contributed by atoms with Crippen molar-refractivity contribution in [3.8, 4) is 5.69 Å². The van der Waals surface area contributed by atoms with E-state index in [0.717, 1.165) is 11.3 Å². The van der Waals surface area contributed by atoms with E-state index in [9.17, 15) is 4.79 Å². The van der Waals surface area contributed by atoms with Crippen molar-refractivity contribution in [1.82, 2.24) is 9.78 Å². The minimum Gasteiger partial charge on any atom is -0.462 e. The maximum absolute atomic E-state index is 11.7. The molecule has 2 rings (SSSR count). The van der Waals surface area contributed by atoms with E-state index >= 15 is 0 Å². The maximum atomic E-state index is 11.7. The highest BCUT2D eigenvalue weighted by atomic mass is 16.5. The van der Waals surface area contributed by atoms with E-state index < -0.39 is 5.97 Å². The van der Waals surface area contributed by atoms with Crippen LogP contribution < -0.4 is 5.73 Å². The van der Waals surface area contributed by atoms with Crippen LogP contribution in [-0.2, 0) is 4.74 Å². The van der Waals surface area contributed by atoms with Crippen LogP contribution in [0.3, 0.4) is 0 Å². The lowest BCUT2D eigenvalue weighted by Crippen LogP contribution is -2.09. The lowest BCUT2D eigenvalue weighted by molar-refractivity contribution is 0.0527. The summed E-state index contributed by atoms with van der Waals surface area (Å²) >= 11 is 0. The highest BCUT2D eigenvalue weighted by molar-refractivity contribution is 5.95. The first-order chi connectivity index (χ1) is 8.61. The zero-order valence-electron chi connectivity index (χ0n) is 10.4. The third-order valence-corrected chi connectivity index (χ3v) is 2.51. The smallest absolute Gasteiger partial charge is 0.340 e. The van der Waals surface area contributed by atoms with Crippen LogP contribution in [0, 0.1) is 6.92 Å². The summed E-state index contributed by atoms with van der Waals surface area (Å²) in [5, 5.41) is 4.19. The molecule has 2 N–H and O–H groups in total. The van der Waals surface area contributed by atoms with Gasteiger partial charge in [0, 0.05) is 11.9 Å². The number of nitrogens with zero attached hydrogens (tertiary/aromatic N) is 2. The first kappa shape index (κ1) is 12.2. The lowest BCUT2D eigenvalue weighted by Gasteiger charge is -2.08. The minimum absolute atomic E-state index is 0.323. The summed E-state index contributed by atoms with van der Waals surface area (Å²) in [6.45, 7) is 4.03. The van der Waals surface area contributed by atoms with Crippen molar-refractivity contribution in [3.05, 3.63) is 41.7 Å². The molecule has 0 aliphatic rings. The van der Waals surface area contributed by atoms with E-state index in [2.05, 4.69) is 5.10 Å². The Bertz CT molecular complexity index is 575. The van der Waals surface area contributed by atoms with Crippen molar-refractivity contribution in [1.29, 1.82) is 0 Å². The fraction of sp³-hybridized carbons (Fsp3) is 0.231. The van der Waals surface area contributed by atoms with Crippen molar-refractivity contribution < 1.29 is 9.53 Å².